The maximum absolute atomic E-state index is 5.13. The van der Waals surface area contributed by atoms with E-state index in [0.29, 0.717) is 0 Å². The first-order valence-electron chi connectivity index (χ1n) is 5.43. The minimum absolute atomic E-state index is 0. The molecular formula is C12H16AuN2S2-2. The Balaban J connectivity index is 0.00000144. The molecular weight excluding hydrogens is 433 g/mol. The number of anilines is 1. The summed E-state index contributed by atoms with van der Waals surface area (Å²) >= 11 is 10.3. The Labute approximate surface area is 130 Å². The zero-order valence-corrected chi connectivity index (χ0v) is 13.7. The van der Waals surface area contributed by atoms with E-state index in [1.54, 1.807) is 0 Å². The van der Waals surface area contributed by atoms with Crippen LogP contribution in [-0.4, -0.2) is 30.2 Å². The molecule has 99 valence electrons. The molecule has 2 nitrogen and oxygen atoms in total. The van der Waals surface area contributed by atoms with E-state index < -0.39 is 0 Å². The van der Waals surface area contributed by atoms with Crippen LogP contribution in [0.1, 0.15) is 11.1 Å². The fraction of sp³-hybridized carbons (Fsp3) is 0.500. The monoisotopic (exact) mass is 449 g/mol. The van der Waals surface area contributed by atoms with Crippen molar-refractivity contribution in [2.45, 2.75) is 17.7 Å². The van der Waals surface area contributed by atoms with Gasteiger partial charge in [0.05, 0.1) is 0 Å². The molecule has 0 fully saturated rings. The van der Waals surface area contributed by atoms with E-state index >= 15 is 0 Å². The summed E-state index contributed by atoms with van der Waals surface area (Å²) in [5.41, 5.74) is 4.07. The molecule has 0 N–H and O–H groups in total. The van der Waals surface area contributed by atoms with Gasteiger partial charge in [-0.25, -0.2) is 4.71 Å². The van der Waals surface area contributed by atoms with Crippen LogP contribution in [-0.2, 0) is 60.6 Å². The Morgan fingerprint density at radius 1 is 1.24 bits per heavy atom. The third kappa shape index (κ3) is 3.69. The van der Waals surface area contributed by atoms with Crippen molar-refractivity contribution in [3.8, 4) is 0 Å². The Hall–Kier alpha value is 0.420. The average molecular weight is 449 g/mol. The fourth-order valence-corrected chi connectivity index (χ4v) is 2.38. The van der Waals surface area contributed by atoms with E-state index in [9.17, 15) is 0 Å². The van der Waals surface area contributed by atoms with Crippen LogP contribution in [0.15, 0.2) is 18.2 Å². The number of hydrogen-bond donors (Lipinski definition) is 0. The quantitative estimate of drug-likeness (QED) is 0.499. The Morgan fingerprint density at radius 2 is 1.94 bits per heavy atom. The van der Waals surface area contributed by atoms with Crippen LogP contribution in [0.4, 0.5) is 5.69 Å². The summed E-state index contributed by atoms with van der Waals surface area (Å²) in [4.78, 5) is 4.30. The van der Waals surface area contributed by atoms with E-state index in [4.69, 9.17) is 25.3 Å². The third-order valence-electron chi connectivity index (χ3n) is 3.05. The van der Waals surface area contributed by atoms with Crippen LogP contribution in [0.25, 0.3) is 0 Å². The summed E-state index contributed by atoms with van der Waals surface area (Å²) in [6.45, 7) is 1.89. The number of hydrogen-bond acceptors (Lipinski definition) is 4. The van der Waals surface area contributed by atoms with Gasteiger partial charge < -0.3 is 35.1 Å². The van der Waals surface area contributed by atoms with Gasteiger partial charge in [-0.3, -0.25) is 0 Å². The largest absolute Gasteiger partial charge is 0.800 e. The molecule has 0 saturated carbocycles. The molecule has 0 spiro atoms. The van der Waals surface area contributed by atoms with Crippen molar-refractivity contribution < 1.29 is 22.4 Å². The van der Waals surface area contributed by atoms with Crippen LogP contribution >= 0.6 is 0 Å². The maximum Gasteiger partial charge on any atom is 0.0363 e. The molecule has 1 aliphatic heterocycles. The average Bonchev–Trinajstić information content (AvgIpc) is 2.27. The van der Waals surface area contributed by atoms with E-state index in [-0.39, 0.29) is 27.1 Å². The molecule has 1 aliphatic rings. The molecule has 1 aromatic carbocycles. The van der Waals surface area contributed by atoms with Crippen LogP contribution in [0, 0.1) is 0 Å². The zero-order valence-electron chi connectivity index (χ0n) is 9.94. The molecule has 0 atom stereocenters. The summed E-state index contributed by atoms with van der Waals surface area (Å²) in [7, 11) is 4.14. The second-order valence-corrected chi connectivity index (χ2v) is 5.57. The van der Waals surface area contributed by atoms with Crippen molar-refractivity contribution in [3.63, 3.8) is 0 Å². The number of benzene rings is 1. The first kappa shape index (κ1) is 15.5. The van der Waals surface area contributed by atoms with Crippen molar-refractivity contribution >= 4 is 30.9 Å². The second-order valence-electron chi connectivity index (χ2n) is 4.37. The van der Waals surface area contributed by atoms with Gasteiger partial charge in [0.2, 0.25) is 0 Å². The predicted octanol–water partition coefficient (Wildman–Crippen LogP) is 1.49. The molecule has 0 aromatic heterocycles. The van der Waals surface area contributed by atoms with Gasteiger partial charge in [0.15, 0.2) is 0 Å². The van der Waals surface area contributed by atoms with Gasteiger partial charge in [0, 0.05) is 48.7 Å². The van der Waals surface area contributed by atoms with Gasteiger partial charge in [-0.2, -0.15) is 0 Å². The van der Waals surface area contributed by atoms with Crippen molar-refractivity contribution in [2.24, 2.45) is 0 Å². The standard InChI is InChI=1S/C12H18N2S2.Au/c1-13(2)11-4-3-10-8-14(12(15)16)6-5-9(10)7-11;/h3-4,7,12,15-16H,5-6,8H2,1-2H3;/p-2. The number of fused-ring (bicyclic) bond motifs is 1. The predicted molar refractivity (Wildman–Crippen MR) is 73.4 cm³/mol. The third-order valence-corrected chi connectivity index (χ3v) is 3.64. The topological polar surface area (TPSA) is 6.48 Å². The van der Waals surface area contributed by atoms with Gasteiger partial charge >= 0.3 is 0 Å². The molecule has 0 amide bonds. The summed E-state index contributed by atoms with van der Waals surface area (Å²) in [5, 5.41) is 0. The molecule has 5 heteroatoms. The van der Waals surface area contributed by atoms with Gasteiger partial charge in [0.25, 0.3) is 0 Å². The van der Waals surface area contributed by atoms with Crippen LogP contribution in [0.2, 0.25) is 0 Å². The zero-order chi connectivity index (χ0) is 11.7. The first-order valence-corrected chi connectivity index (χ1v) is 6.37. The molecule has 2 rings (SSSR count). The molecule has 0 bridgehead atoms. The molecule has 17 heavy (non-hydrogen) atoms. The van der Waals surface area contributed by atoms with Crippen molar-refractivity contribution in [2.75, 3.05) is 25.5 Å². The molecule has 0 unspecified atom stereocenters. The molecule has 0 aliphatic carbocycles. The van der Waals surface area contributed by atoms with E-state index in [1.807, 2.05) is 0 Å². The van der Waals surface area contributed by atoms with Gasteiger partial charge in [-0.15, -0.1) is 0 Å². The van der Waals surface area contributed by atoms with E-state index in [1.165, 1.54) is 16.8 Å². The van der Waals surface area contributed by atoms with Crippen LogP contribution < -0.4 is 4.90 Å². The summed E-state index contributed by atoms with van der Waals surface area (Å²) in [5.74, 6) is 0. The van der Waals surface area contributed by atoms with Crippen molar-refractivity contribution in [3.05, 3.63) is 29.3 Å². The molecule has 0 saturated heterocycles. The van der Waals surface area contributed by atoms with E-state index in [2.05, 4.69) is 42.1 Å². The molecule has 1 heterocycles. The van der Waals surface area contributed by atoms with Crippen molar-refractivity contribution in [1.29, 1.82) is 0 Å². The molecule has 1 radical (unpaired) electrons. The minimum atomic E-state index is -0.179. The summed E-state index contributed by atoms with van der Waals surface area (Å²) in [6.07, 6.45) is 1.06. The van der Waals surface area contributed by atoms with Crippen LogP contribution in [0.3, 0.4) is 0 Å². The molecule has 1 aromatic rings. The summed E-state index contributed by atoms with van der Waals surface area (Å²) < 4.78 is -0.179. The Morgan fingerprint density at radius 3 is 2.53 bits per heavy atom. The van der Waals surface area contributed by atoms with Gasteiger partial charge in [-0.1, -0.05) is 6.07 Å². The number of rotatable bonds is 2. The fourth-order valence-electron chi connectivity index (χ4n) is 2.02. The minimum Gasteiger partial charge on any atom is -0.800 e. The summed E-state index contributed by atoms with van der Waals surface area (Å²) in [6, 6.07) is 6.63. The Kier molecular flexibility index (Phi) is 5.96. The van der Waals surface area contributed by atoms with Gasteiger partial charge in [-0.05, 0) is 36.2 Å². The smallest absolute Gasteiger partial charge is 0.0363 e. The SMILES string of the molecule is CN(C)c1ccc2c(c1)CCN(C([S-])[S-])C2.[Au]. The second kappa shape index (κ2) is 6.55. The first-order chi connectivity index (χ1) is 7.58. The number of nitrogens with zero attached hydrogens (tertiary/aromatic N) is 2. The van der Waals surface area contributed by atoms with Crippen molar-refractivity contribution in [1.82, 2.24) is 4.90 Å². The normalized spacial score (nSPS) is 15.4. The van der Waals surface area contributed by atoms with E-state index in [0.717, 1.165) is 19.5 Å². The van der Waals surface area contributed by atoms with Gasteiger partial charge in [0.1, 0.15) is 0 Å². The Bertz CT molecular complexity index is 383. The maximum atomic E-state index is 5.13. The van der Waals surface area contributed by atoms with Crippen LogP contribution in [0.5, 0.6) is 0 Å².